The van der Waals surface area contributed by atoms with Crippen LogP contribution in [0.3, 0.4) is 0 Å². The number of halogens is 1. The Balaban J connectivity index is 1.33. The lowest BCUT2D eigenvalue weighted by atomic mass is 10.1. The standard InChI is InChI=1S/C31H33FN10O/c1-41(2)6-5-35-22-10-19(9-21(32)12-22)25-16-34-17-28-29(25)38-31(37-28)30-24-13-26(36-18-27(24)39-40-30)20-11-23(15-33-14-20)43-8-7-42(3)4/h9-18,35H,5-8H2,1-4H3,(H,37,38)(H,39,40). The molecular weight excluding hydrogens is 547 g/mol. The van der Waals surface area contributed by atoms with E-state index in [0.717, 1.165) is 46.3 Å². The van der Waals surface area contributed by atoms with Crippen LogP contribution in [0.1, 0.15) is 0 Å². The summed E-state index contributed by atoms with van der Waals surface area (Å²) >= 11 is 0. The van der Waals surface area contributed by atoms with E-state index < -0.39 is 0 Å². The first kappa shape index (κ1) is 28.2. The van der Waals surface area contributed by atoms with Gasteiger partial charge in [-0.2, -0.15) is 5.10 Å². The van der Waals surface area contributed by atoms with Crippen molar-refractivity contribution < 1.29 is 9.13 Å². The van der Waals surface area contributed by atoms with E-state index >= 15 is 0 Å². The predicted molar refractivity (Wildman–Crippen MR) is 166 cm³/mol. The first-order valence-corrected chi connectivity index (χ1v) is 13.9. The van der Waals surface area contributed by atoms with Gasteiger partial charge in [-0.05, 0) is 64.1 Å². The molecule has 0 spiro atoms. The Bertz CT molecular complexity index is 1880. The molecule has 5 aromatic heterocycles. The highest BCUT2D eigenvalue weighted by molar-refractivity contribution is 5.97. The number of ether oxygens (including phenoxy) is 1. The number of pyridine rings is 3. The summed E-state index contributed by atoms with van der Waals surface area (Å²) in [7, 11) is 8.00. The fourth-order valence-corrected chi connectivity index (χ4v) is 4.77. The van der Waals surface area contributed by atoms with Crippen LogP contribution in [-0.2, 0) is 0 Å². The number of imidazole rings is 1. The maximum Gasteiger partial charge on any atom is 0.159 e. The second-order valence-corrected chi connectivity index (χ2v) is 10.9. The van der Waals surface area contributed by atoms with Crippen molar-refractivity contribution in [3.8, 4) is 39.7 Å². The molecular formula is C31H33FN10O. The van der Waals surface area contributed by atoms with Crippen LogP contribution < -0.4 is 10.1 Å². The van der Waals surface area contributed by atoms with Crippen molar-refractivity contribution in [1.82, 2.24) is 44.9 Å². The minimum absolute atomic E-state index is 0.336. The summed E-state index contributed by atoms with van der Waals surface area (Å²) in [6, 6.07) is 8.79. The third kappa shape index (κ3) is 6.30. The molecule has 43 heavy (non-hydrogen) atoms. The van der Waals surface area contributed by atoms with Crippen molar-refractivity contribution in [2.45, 2.75) is 0 Å². The van der Waals surface area contributed by atoms with Gasteiger partial charge in [0.05, 0.1) is 40.8 Å². The van der Waals surface area contributed by atoms with Gasteiger partial charge in [0.1, 0.15) is 23.9 Å². The van der Waals surface area contributed by atoms with Crippen molar-refractivity contribution in [2.24, 2.45) is 0 Å². The van der Waals surface area contributed by atoms with E-state index in [-0.39, 0.29) is 5.82 Å². The van der Waals surface area contributed by atoms with Gasteiger partial charge < -0.3 is 24.8 Å². The number of hydrogen-bond donors (Lipinski definition) is 3. The third-order valence-electron chi connectivity index (χ3n) is 6.98. The average Bonchev–Trinajstić information content (AvgIpc) is 3.60. The molecule has 0 atom stereocenters. The zero-order valence-electron chi connectivity index (χ0n) is 24.5. The van der Waals surface area contributed by atoms with Crippen molar-refractivity contribution in [1.29, 1.82) is 0 Å². The number of hydrogen-bond acceptors (Lipinski definition) is 9. The number of rotatable bonds is 11. The molecule has 12 heteroatoms. The molecule has 1 aromatic carbocycles. The number of aromatic nitrogens is 7. The highest BCUT2D eigenvalue weighted by atomic mass is 19.1. The summed E-state index contributed by atoms with van der Waals surface area (Å²) in [5, 5.41) is 11.7. The van der Waals surface area contributed by atoms with Gasteiger partial charge in [0.15, 0.2) is 5.82 Å². The van der Waals surface area contributed by atoms with Crippen LogP contribution in [0, 0.1) is 5.82 Å². The Labute approximate surface area is 248 Å². The van der Waals surface area contributed by atoms with Gasteiger partial charge in [-0.3, -0.25) is 20.1 Å². The summed E-state index contributed by atoms with van der Waals surface area (Å²) in [4.78, 5) is 25.8. The van der Waals surface area contributed by atoms with Crippen LogP contribution >= 0.6 is 0 Å². The molecule has 11 nitrogen and oxygen atoms in total. The van der Waals surface area contributed by atoms with Crippen LogP contribution in [0.25, 0.3) is 55.8 Å². The Morgan fingerprint density at radius 1 is 0.860 bits per heavy atom. The molecule has 0 aliphatic carbocycles. The second kappa shape index (κ2) is 12.1. The molecule has 0 aliphatic rings. The molecule has 3 N–H and O–H groups in total. The van der Waals surface area contributed by atoms with Gasteiger partial charge >= 0.3 is 0 Å². The average molecular weight is 581 g/mol. The third-order valence-corrected chi connectivity index (χ3v) is 6.98. The summed E-state index contributed by atoms with van der Waals surface area (Å²) in [6.45, 7) is 2.88. The summed E-state index contributed by atoms with van der Waals surface area (Å²) in [5.41, 5.74) is 6.45. The van der Waals surface area contributed by atoms with Crippen LogP contribution in [-0.4, -0.2) is 99.3 Å². The largest absolute Gasteiger partial charge is 0.491 e. The van der Waals surface area contributed by atoms with Crippen LogP contribution in [0.15, 0.2) is 61.3 Å². The lowest BCUT2D eigenvalue weighted by Gasteiger charge is -2.12. The van der Waals surface area contributed by atoms with Gasteiger partial charge in [-0.1, -0.05) is 0 Å². The SMILES string of the molecule is CN(C)CCNc1cc(F)cc(-c2cncc3[nH]c(-c4n[nH]c5cnc(-c6cncc(OCCN(C)C)c6)cc45)nc23)c1. The maximum atomic E-state index is 14.7. The number of benzene rings is 1. The van der Waals surface area contributed by atoms with E-state index in [9.17, 15) is 4.39 Å². The van der Waals surface area contributed by atoms with E-state index in [1.54, 1.807) is 31.0 Å². The number of fused-ring (bicyclic) bond motifs is 2. The van der Waals surface area contributed by atoms with Gasteiger partial charge in [-0.15, -0.1) is 0 Å². The molecule has 6 aromatic rings. The zero-order valence-corrected chi connectivity index (χ0v) is 24.5. The highest BCUT2D eigenvalue weighted by Gasteiger charge is 2.17. The molecule has 0 bridgehead atoms. The van der Waals surface area contributed by atoms with Gasteiger partial charge in [0.25, 0.3) is 0 Å². The van der Waals surface area contributed by atoms with Gasteiger partial charge in [0, 0.05) is 54.2 Å². The number of anilines is 1. The van der Waals surface area contributed by atoms with Crippen LogP contribution in [0.2, 0.25) is 0 Å². The molecule has 0 fully saturated rings. The topological polar surface area (TPSA) is 124 Å². The zero-order chi connectivity index (χ0) is 29.9. The Kier molecular flexibility index (Phi) is 7.95. The fraction of sp³-hybridized carbons (Fsp3) is 0.258. The van der Waals surface area contributed by atoms with E-state index in [1.807, 2.05) is 46.4 Å². The monoisotopic (exact) mass is 580 g/mol. The first-order chi connectivity index (χ1) is 20.8. The Morgan fingerprint density at radius 3 is 2.53 bits per heavy atom. The lowest BCUT2D eigenvalue weighted by Crippen LogP contribution is -2.20. The summed E-state index contributed by atoms with van der Waals surface area (Å²) in [6.07, 6.45) is 8.61. The molecule has 0 amide bonds. The second-order valence-electron chi connectivity index (χ2n) is 10.9. The molecule has 0 aliphatic heterocycles. The van der Waals surface area contributed by atoms with Crippen LogP contribution in [0.5, 0.6) is 5.75 Å². The minimum atomic E-state index is -0.336. The van der Waals surface area contributed by atoms with Crippen molar-refractivity contribution in [3.63, 3.8) is 0 Å². The van der Waals surface area contributed by atoms with E-state index in [0.29, 0.717) is 47.2 Å². The molecule has 0 saturated heterocycles. The van der Waals surface area contributed by atoms with E-state index in [4.69, 9.17) is 9.72 Å². The Morgan fingerprint density at radius 2 is 1.70 bits per heavy atom. The summed E-state index contributed by atoms with van der Waals surface area (Å²) in [5.74, 6) is 0.907. The first-order valence-electron chi connectivity index (χ1n) is 13.9. The van der Waals surface area contributed by atoms with Crippen molar-refractivity contribution in [2.75, 3.05) is 59.7 Å². The van der Waals surface area contributed by atoms with Crippen molar-refractivity contribution in [3.05, 3.63) is 67.1 Å². The summed E-state index contributed by atoms with van der Waals surface area (Å²) < 4.78 is 20.5. The number of nitrogens with zero attached hydrogens (tertiary/aromatic N) is 7. The molecule has 0 radical (unpaired) electrons. The minimum Gasteiger partial charge on any atom is -0.491 e. The molecule has 220 valence electrons. The predicted octanol–water partition coefficient (Wildman–Crippen LogP) is 4.68. The molecule has 0 unspecified atom stereocenters. The number of aromatic amines is 2. The smallest absolute Gasteiger partial charge is 0.159 e. The van der Waals surface area contributed by atoms with Gasteiger partial charge in [0.2, 0.25) is 0 Å². The quantitative estimate of drug-likeness (QED) is 0.200. The molecule has 0 saturated carbocycles. The number of nitrogens with one attached hydrogen (secondary N) is 3. The Hall–Kier alpha value is -4.94. The number of H-pyrrole nitrogens is 2. The van der Waals surface area contributed by atoms with Crippen molar-refractivity contribution >= 4 is 27.6 Å². The molecule has 6 rings (SSSR count). The van der Waals surface area contributed by atoms with Crippen LogP contribution in [0.4, 0.5) is 10.1 Å². The normalized spacial score (nSPS) is 11.7. The van der Waals surface area contributed by atoms with E-state index in [2.05, 4.69) is 45.2 Å². The number of likely N-dealkylation sites (N-methyl/N-ethyl adjacent to an activating group) is 2. The lowest BCUT2D eigenvalue weighted by molar-refractivity contribution is 0.261. The fourth-order valence-electron chi connectivity index (χ4n) is 4.77. The maximum absolute atomic E-state index is 14.7. The molecule has 5 heterocycles. The van der Waals surface area contributed by atoms with Gasteiger partial charge in [-0.25, -0.2) is 9.37 Å². The highest BCUT2D eigenvalue weighted by Crippen LogP contribution is 2.33. The van der Waals surface area contributed by atoms with E-state index in [1.165, 1.54) is 12.1 Å².